The molecule has 5 heteroatoms. The number of nitrogens with two attached hydrogens (primary N) is 1. The molecule has 0 aliphatic carbocycles. The van der Waals surface area contributed by atoms with E-state index in [1.54, 1.807) is 31.3 Å². The van der Waals surface area contributed by atoms with E-state index >= 15 is 0 Å². The molecule has 0 bridgehead atoms. The Morgan fingerprint density at radius 2 is 2.04 bits per heavy atom. The summed E-state index contributed by atoms with van der Waals surface area (Å²) in [6.45, 7) is 5.88. The number of aromatic nitrogens is 1. The second-order valence-corrected chi connectivity index (χ2v) is 6.34. The van der Waals surface area contributed by atoms with Crippen LogP contribution in [0.1, 0.15) is 54.8 Å². The number of carbonyl (C=O) groups is 1. The van der Waals surface area contributed by atoms with Crippen molar-refractivity contribution in [1.29, 1.82) is 5.41 Å². The minimum absolute atomic E-state index is 0.152. The maximum absolute atomic E-state index is 12.6. The van der Waals surface area contributed by atoms with Crippen molar-refractivity contribution in [2.75, 3.05) is 5.73 Å². The van der Waals surface area contributed by atoms with E-state index in [-0.39, 0.29) is 11.9 Å². The maximum atomic E-state index is 12.6. The summed E-state index contributed by atoms with van der Waals surface area (Å²) in [5.74, 6) is 0.233. The van der Waals surface area contributed by atoms with E-state index in [9.17, 15) is 4.79 Å². The van der Waals surface area contributed by atoms with Crippen LogP contribution in [0.4, 0.5) is 5.69 Å². The van der Waals surface area contributed by atoms with E-state index in [0.29, 0.717) is 28.4 Å². The highest BCUT2D eigenvalue weighted by molar-refractivity contribution is 6.04. The summed E-state index contributed by atoms with van der Waals surface area (Å²) in [5.41, 5.74) is 8.63. The normalized spacial score (nSPS) is 12.0. The van der Waals surface area contributed by atoms with Gasteiger partial charge in [0, 0.05) is 28.7 Å². The highest BCUT2D eigenvalue weighted by atomic mass is 16.1. The van der Waals surface area contributed by atoms with Crippen molar-refractivity contribution >= 4 is 17.3 Å². The number of nitrogens with one attached hydrogen (secondary N) is 2. The number of nitrogens with zero attached hydrogens (tertiary/aromatic N) is 1. The predicted octanol–water partition coefficient (Wildman–Crippen LogP) is 3.57. The number of hydrogen-bond donors (Lipinski definition) is 3. The molecule has 5 nitrogen and oxygen atoms in total. The van der Waals surface area contributed by atoms with Crippen LogP contribution in [0.25, 0.3) is 0 Å². The quantitative estimate of drug-likeness (QED) is 0.560. The summed E-state index contributed by atoms with van der Waals surface area (Å²) in [6.07, 6.45) is 2.53. The molecule has 4 N–H and O–H groups in total. The average Bonchev–Trinajstić information content (AvgIpc) is 2.54. The van der Waals surface area contributed by atoms with Crippen molar-refractivity contribution in [3.63, 3.8) is 0 Å². The molecule has 0 aliphatic rings. The zero-order valence-electron chi connectivity index (χ0n) is 14.3. The van der Waals surface area contributed by atoms with Crippen LogP contribution in [-0.4, -0.2) is 16.6 Å². The molecular formula is C19H24N4O. The Kier molecular flexibility index (Phi) is 5.68. The number of anilines is 1. The minimum Gasteiger partial charge on any atom is -0.398 e. The van der Waals surface area contributed by atoms with E-state index < -0.39 is 0 Å². The second kappa shape index (κ2) is 7.73. The third-order valence-corrected chi connectivity index (χ3v) is 3.78. The first kappa shape index (κ1) is 17.7. The Morgan fingerprint density at radius 1 is 1.29 bits per heavy atom. The van der Waals surface area contributed by atoms with Gasteiger partial charge in [-0.05, 0) is 49.6 Å². The van der Waals surface area contributed by atoms with E-state index in [1.165, 1.54) is 0 Å². The molecule has 0 saturated carbocycles. The zero-order valence-corrected chi connectivity index (χ0v) is 14.3. The van der Waals surface area contributed by atoms with Crippen LogP contribution >= 0.6 is 0 Å². The molecule has 0 spiro atoms. The predicted molar refractivity (Wildman–Crippen MR) is 97.3 cm³/mol. The van der Waals surface area contributed by atoms with Gasteiger partial charge in [0.25, 0.3) is 5.91 Å². The van der Waals surface area contributed by atoms with E-state index in [2.05, 4.69) is 24.1 Å². The lowest BCUT2D eigenvalue weighted by Crippen LogP contribution is -2.30. The van der Waals surface area contributed by atoms with Gasteiger partial charge in [0.2, 0.25) is 0 Å². The van der Waals surface area contributed by atoms with Crippen molar-refractivity contribution < 1.29 is 4.79 Å². The topological polar surface area (TPSA) is 91.9 Å². The van der Waals surface area contributed by atoms with Crippen LogP contribution in [-0.2, 0) is 0 Å². The van der Waals surface area contributed by atoms with Gasteiger partial charge in [0.05, 0.1) is 11.7 Å². The first-order valence-corrected chi connectivity index (χ1v) is 8.05. The molecule has 0 unspecified atom stereocenters. The lowest BCUT2D eigenvalue weighted by molar-refractivity contribution is 0.0931. The number of hydrogen-bond acceptors (Lipinski definition) is 4. The van der Waals surface area contributed by atoms with Crippen molar-refractivity contribution in [2.24, 2.45) is 5.92 Å². The van der Waals surface area contributed by atoms with Crippen LogP contribution < -0.4 is 11.1 Å². The Bertz CT molecular complexity index is 725. The summed E-state index contributed by atoms with van der Waals surface area (Å²) in [4.78, 5) is 17.0. The number of amides is 1. The molecule has 1 amide bonds. The monoisotopic (exact) mass is 324 g/mol. The summed E-state index contributed by atoms with van der Waals surface area (Å²) in [7, 11) is 0. The Labute approximate surface area is 142 Å². The van der Waals surface area contributed by atoms with Gasteiger partial charge in [-0.25, -0.2) is 0 Å². The molecule has 0 saturated heterocycles. The van der Waals surface area contributed by atoms with Gasteiger partial charge in [-0.2, -0.15) is 0 Å². The van der Waals surface area contributed by atoms with Gasteiger partial charge in [0.1, 0.15) is 0 Å². The van der Waals surface area contributed by atoms with Crippen molar-refractivity contribution in [1.82, 2.24) is 10.3 Å². The van der Waals surface area contributed by atoms with Crippen LogP contribution in [0.5, 0.6) is 0 Å². The highest BCUT2D eigenvalue weighted by Crippen LogP contribution is 2.21. The smallest absolute Gasteiger partial charge is 0.251 e. The number of pyridine rings is 1. The summed E-state index contributed by atoms with van der Waals surface area (Å²) >= 11 is 0. The molecule has 1 heterocycles. The first-order chi connectivity index (χ1) is 11.4. The second-order valence-electron chi connectivity index (χ2n) is 6.34. The lowest BCUT2D eigenvalue weighted by Gasteiger charge is -2.20. The maximum Gasteiger partial charge on any atom is 0.251 e. The Morgan fingerprint density at radius 3 is 2.62 bits per heavy atom. The molecular weight excluding hydrogens is 300 g/mol. The molecule has 0 radical (unpaired) electrons. The van der Waals surface area contributed by atoms with Gasteiger partial charge in [-0.3, -0.25) is 9.78 Å². The van der Waals surface area contributed by atoms with Crippen LogP contribution in [0.2, 0.25) is 0 Å². The fourth-order valence-electron chi connectivity index (χ4n) is 2.57. The van der Waals surface area contributed by atoms with E-state index in [4.69, 9.17) is 11.1 Å². The SMILES string of the molecule is CC(=N)c1cc(C(=O)N[C@H](CC(C)C)c2ccccn2)ccc1N. The largest absolute Gasteiger partial charge is 0.398 e. The standard InChI is InChI=1S/C19H24N4O/c1-12(2)10-18(17-6-4-5-9-22-17)23-19(24)14-7-8-16(21)15(11-14)13(3)20/h4-9,11-12,18,20H,10,21H2,1-3H3,(H,23,24)/t18-/m1/s1. The van der Waals surface area contributed by atoms with Crippen LogP contribution in [0.15, 0.2) is 42.6 Å². The first-order valence-electron chi connectivity index (χ1n) is 8.05. The number of rotatable bonds is 6. The fourth-order valence-corrected chi connectivity index (χ4v) is 2.57. The molecule has 0 fully saturated rings. The lowest BCUT2D eigenvalue weighted by atomic mass is 9.99. The third kappa shape index (κ3) is 4.41. The Balaban J connectivity index is 2.25. The van der Waals surface area contributed by atoms with Gasteiger partial charge >= 0.3 is 0 Å². The minimum atomic E-state index is -0.186. The summed E-state index contributed by atoms with van der Waals surface area (Å²) < 4.78 is 0. The zero-order chi connectivity index (χ0) is 17.7. The van der Waals surface area contributed by atoms with E-state index in [0.717, 1.165) is 12.1 Å². The van der Waals surface area contributed by atoms with Gasteiger partial charge < -0.3 is 16.5 Å². The molecule has 2 rings (SSSR count). The van der Waals surface area contributed by atoms with Crippen molar-refractivity contribution in [3.8, 4) is 0 Å². The average molecular weight is 324 g/mol. The summed E-state index contributed by atoms with van der Waals surface area (Å²) in [6, 6.07) is 10.6. The molecule has 126 valence electrons. The van der Waals surface area contributed by atoms with Crippen molar-refractivity contribution in [3.05, 3.63) is 59.4 Å². The van der Waals surface area contributed by atoms with Gasteiger partial charge in [-0.1, -0.05) is 19.9 Å². The van der Waals surface area contributed by atoms with Crippen LogP contribution in [0, 0.1) is 11.3 Å². The molecule has 2 aromatic rings. The summed E-state index contributed by atoms with van der Waals surface area (Å²) in [5, 5.41) is 10.8. The molecule has 1 atom stereocenters. The third-order valence-electron chi connectivity index (χ3n) is 3.78. The Hall–Kier alpha value is -2.69. The molecule has 1 aromatic carbocycles. The van der Waals surface area contributed by atoms with Crippen molar-refractivity contribution in [2.45, 2.75) is 33.2 Å². The number of benzene rings is 1. The number of nitrogen functional groups attached to an aromatic ring is 1. The van der Waals surface area contributed by atoms with Gasteiger partial charge in [0.15, 0.2) is 0 Å². The molecule has 24 heavy (non-hydrogen) atoms. The van der Waals surface area contributed by atoms with Crippen LogP contribution in [0.3, 0.4) is 0 Å². The highest BCUT2D eigenvalue weighted by Gasteiger charge is 2.19. The molecule has 1 aromatic heterocycles. The fraction of sp³-hybridized carbons (Fsp3) is 0.316. The molecule has 0 aliphatic heterocycles. The van der Waals surface area contributed by atoms with E-state index in [1.807, 2.05) is 18.2 Å². The van der Waals surface area contributed by atoms with Gasteiger partial charge in [-0.15, -0.1) is 0 Å². The number of carbonyl (C=O) groups excluding carboxylic acids is 1.